The molecule has 37 heteroatoms. The molecular formula is C74H75B7Br2ClN13O14+. The van der Waals surface area contributed by atoms with Gasteiger partial charge in [0.05, 0.1) is 39.2 Å². The molecular weight excluding hydrogens is 1570 g/mol. The number of carbonyl (C=O) groups excluding carboxylic acids is 5. The number of nitrogens with zero attached hydrogens (tertiary/aromatic N) is 13. The maximum absolute atomic E-state index is 12.3. The smallest absolute Gasteiger partial charge is 0.361 e. The molecule has 0 saturated carbocycles. The normalized spacial score (nSPS) is 10.6. The van der Waals surface area contributed by atoms with E-state index in [1.807, 2.05) is 111 Å². The molecule has 27 nitrogen and oxygen atoms in total. The molecule has 8 aromatic carbocycles. The van der Waals surface area contributed by atoms with Gasteiger partial charge in [0, 0.05) is 87.8 Å². The summed E-state index contributed by atoms with van der Waals surface area (Å²) in [6.07, 6.45) is 1.08. The number of aliphatic hydroxyl groups is 1. The van der Waals surface area contributed by atoms with Crippen LogP contribution in [0.3, 0.4) is 0 Å². The molecule has 0 fully saturated rings. The lowest BCUT2D eigenvalue weighted by atomic mass is 8.81. The third-order valence-electron chi connectivity index (χ3n) is 15.3. The lowest BCUT2D eigenvalue weighted by Gasteiger charge is -2.28. The molecule has 0 spiro atoms. The van der Waals surface area contributed by atoms with E-state index >= 15 is 0 Å². The zero-order chi connectivity index (χ0) is 80.7. The molecule has 0 atom stereocenters. The second-order valence-electron chi connectivity index (χ2n) is 25.0. The Morgan fingerprint density at radius 3 is 0.946 bits per heavy atom. The fourth-order valence-electron chi connectivity index (χ4n) is 9.77. The Morgan fingerprint density at radius 2 is 0.703 bits per heavy atom. The Morgan fingerprint density at radius 1 is 0.441 bits per heavy atom. The number of ether oxygens (including phenoxy) is 4. The Kier molecular flexibility index (Phi) is 34.3. The minimum Gasteiger partial charge on any atom is -0.506 e. The highest BCUT2D eigenvalue weighted by molar-refractivity contribution is 9.09. The third-order valence-corrected chi connectivity index (χ3v) is 16.8. The van der Waals surface area contributed by atoms with E-state index in [9.17, 15) is 44.4 Å². The molecule has 5 N–H and O–H groups in total. The first-order valence-electron chi connectivity index (χ1n) is 34.2. The van der Waals surface area contributed by atoms with Crippen molar-refractivity contribution in [1.82, 2.24) is 60.0 Å². The number of phenolic OH excluding ortho intramolecular Hbond substituents is 4. The van der Waals surface area contributed by atoms with Crippen molar-refractivity contribution in [3.63, 3.8) is 0 Å². The summed E-state index contributed by atoms with van der Waals surface area (Å²) in [4.78, 5) is 61.4. The van der Waals surface area contributed by atoms with Crippen LogP contribution in [0, 0.1) is 0 Å². The van der Waals surface area contributed by atoms with Crippen molar-refractivity contribution in [2.75, 3.05) is 70.9 Å². The van der Waals surface area contributed by atoms with E-state index in [-0.39, 0.29) is 90.4 Å². The second kappa shape index (κ2) is 43.6. The summed E-state index contributed by atoms with van der Waals surface area (Å²) >= 11 is 10.7. The first-order chi connectivity index (χ1) is 53.0. The van der Waals surface area contributed by atoms with Crippen LogP contribution in [0.2, 0.25) is 0 Å². The number of likely N-dealkylation sites (N-methyl/N-ethyl adjacent to an activating group) is 1. The molecule has 0 aliphatic heterocycles. The van der Waals surface area contributed by atoms with Crippen LogP contribution in [0.4, 0.5) is 0 Å². The number of benzene rings is 8. The maximum atomic E-state index is 12.3. The zero-order valence-corrected chi connectivity index (χ0v) is 65.1. The van der Waals surface area contributed by atoms with Crippen LogP contribution in [-0.2, 0) is 68.6 Å². The number of aromatic nitrogens is 12. The van der Waals surface area contributed by atoms with Gasteiger partial charge in [0.15, 0.2) is 6.54 Å². The van der Waals surface area contributed by atoms with Gasteiger partial charge in [-0.05, 0) is 151 Å². The first kappa shape index (κ1) is 87.4. The van der Waals surface area contributed by atoms with Crippen LogP contribution in [0.5, 0.6) is 23.0 Å². The highest BCUT2D eigenvalue weighted by Crippen LogP contribution is 2.28. The van der Waals surface area contributed by atoms with Crippen molar-refractivity contribution < 1.29 is 72.9 Å². The van der Waals surface area contributed by atoms with E-state index in [0.717, 1.165) is 66.4 Å². The average Bonchev–Trinajstić information content (AvgIpc) is 1.69. The summed E-state index contributed by atoms with van der Waals surface area (Å²) in [6.45, 7) is 11.9. The summed E-state index contributed by atoms with van der Waals surface area (Å²) in [5.41, 5.74) is 12.3. The number of aromatic hydroxyl groups is 4. The van der Waals surface area contributed by atoms with Gasteiger partial charge in [0.2, 0.25) is 5.24 Å². The monoisotopic (exact) mass is 1640 g/mol. The SMILES string of the molecule is C=C(C)C(=O)OCC[N+](C)(C)CC(=O)OCCc1ccc(O)c(-n2nc3ccccc3n2)c1.C=C(C)C(=O)OCCc1ccc(O)c(-n2nc3ccccc3n2)c1.O=C(CBr)OCCc1ccc(O)c(-n2nc3ccccc3n2)c1.O=C(Cl)CBr.OCCc1ccc(O)c(-n2nc3ccccc3n2)c1.[B]B([B])[B]B([B])[B]. The number of hydrogen-bond acceptors (Lipinski definition) is 22. The Bertz CT molecular complexity index is 5030. The van der Waals surface area contributed by atoms with E-state index in [1.54, 1.807) is 86.6 Å². The Hall–Kier alpha value is -10.8. The summed E-state index contributed by atoms with van der Waals surface area (Å²) in [5, 5.41) is 84.3. The standard InChI is InChI=1S/C24H28N4O5.C18H17N3O3.C16H14BrN3O3.C14H13N3O2.C2H2BrClO.B7/c1-17(2)24(31)33-14-12-28(3,4)16-23(30)32-13-11-18-9-10-22(29)21(15-18)27-25-19-7-5-6-8-20(19)26-27;1-12(2)18(23)24-10-9-13-7-8-17(22)16(11-13)21-19-14-5-3-4-6-15(14)20-21;17-10-16(22)23-8-7-11-5-6-15(21)14(9-11)20-18-12-3-1-2-4-13(12)19-20;18-8-7-10-5-6-14(19)13(9-10)17-15-11-3-1-2-4-12(11)16-17;3-1-2(4)5;1-6(2)5-7(3)4/h5-10,15H,1,11-14,16H2,2-4H3;3-8,11,22H,1,9-10H2,2H3;1-6,9,21H,7-8,10H2;1-6,9,18-19H,7-8H2;1H2;/p+1. The van der Waals surface area contributed by atoms with Crippen LogP contribution in [0.15, 0.2) is 194 Å². The quantitative estimate of drug-likeness (QED) is 0.00653. The number of esters is 4. The molecule has 0 bridgehead atoms. The van der Waals surface area contributed by atoms with Gasteiger partial charge in [-0.25, -0.2) is 14.4 Å². The van der Waals surface area contributed by atoms with Crippen molar-refractivity contribution in [1.29, 1.82) is 0 Å². The summed E-state index contributed by atoms with van der Waals surface area (Å²) < 4.78 is 20.9. The number of hydrogen-bond donors (Lipinski definition) is 5. The highest BCUT2D eigenvalue weighted by Gasteiger charge is 2.23. The molecule has 9 radical (unpaired) electrons. The van der Waals surface area contributed by atoms with Gasteiger partial charge in [-0.3, -0.25) is 9.59 Å². The van der Waals surface area contributed by atoms with Crippen LogP contribution in [0.25, 0.3) is 66.9 Å². The first-order valence-corrected chi connectivity index (χ1v) is 36.8. The number of rotatable bonds is 26. The molecule has 12 aromatic rings. The van der Waals surface area contributed by atoms with Gasteiger partial charge >= 0.3 is 23.9 Å². The maximum Gasteiger partial charge on any atom is 0.361 e. The molecule has 111 heavy (non-hydrogen) atoms. The molecule has 4 heterocycles. The van der Waals surface area contributed by atoms with Crippen LogP contribution < -0.4 is 0 Å². The molecule has 0 saturated heterocycles. The fraction of sp³-hybridized carbons (Fsp3) is 0.230. The predicted molar refractivity (Wildman–Crippen MR) is 438 cm³/mol. The lowest BCUT2D eigenvalue weighted by molar-refractivity contribution is -0.883. The molecule has 12 rings (SSSR count). The number of fused-ring (bicyclic) bond motifs is 4. The summed E-state index contributed by atoms with van der Waals surface area (Å²) in [7, 11) is 25.4. The molecule has 0 aliphatic carbocycles. The molecule has 4 aromatic heterocycles. The molecule has 561 valence electrons. The Labute approximate surface area is 668 Å². The average molecular weight is 1640 g/mol. The second-order valence-corrected chi connectivity index (χ2v) is 26.5. The van der Waals surface area contributed by atoms with Crippen molar-refractivity contribution in [3.8, 4) is 45.7 Å². The van der Waals surface area contributed by atoms with Crippen LogP contribution in [-0.4, -0.2) is 241 Å². The van der Waals surface area contributed by atoms with E-state index in [4.69, 9.17) is 66.6 Å². The molecule has 0 amide bonds. The van der Waals surface area contributed by atoms with E-state index < -0.39 is 24.7 Å². The Balaban J connectivity index is 0.000000198. The number of halogens is 3. The van der Waals surface area contributed by atoms with E-state index in [0.29, 0.717) is 70.6 Å². The van der Waals surface area contributed by atoms with E-state index in [2.05, 4.69) is 85.8 Å². The minimum absolute atomic E-state index is 0.0578. The number of aliphatic hydroxyl groups excluding tert-OH is 1. The number of carbonyl (C=O) groups is 5. The minimum atomic E-state index is -0.500. The van der Waals surface area contributed by atoms with Gasteiger partial charge in [-0.1, -0.05) is 118 Å². The van der Waals surface area contributed by atoms with Gasteiger partial charge in [-0.15, -0.1) is 60.0 Å². The largest absolute Gasteiger partial charge is 0.506 e. The molecule has 0 unspecified atom stereocenters. The third kappa shape index (κ3) is 28.2. The van der Waals surface area contributed by atoms with Gasteiger partial charge in [-0.2, -0.15) is 0 Å². The summed E-state index contributed by atoms with van der Waals surface area (Å²) in [5.74, 6) is -1.15. The van der Waals surface area contributed by atoms with Crippen molar-refractivity contribution in [2.45, 2.75) is 39.5 Å². The van der Waals surface area contributed by atoms with Crippen LogP contribution >= 0.6 is 43.5 Å². The lowest BCUT2D eigenvalue weighted by Crippen LogP contribution is -2.46. The fourth-order valence-corrected chi connectivity index (χ4v) is 9.93. The van der Waals surface area contributed by atoms with Crippen molar-refractivity contribution in [2.24, 2.45) is 0 Å². The predicted octanol–water partition coefficient (Wildman–Crippen LogP) is 7.94. The number of quaternary nitrogens is 1. The van der Waals surface area contributed by atoms with Crippen molar-refractivity contribution in [3.05, 3.63) is 216 Å². The van der Waals surface area contributed by atoms with Crippen LogP contribution in [0.1, 0.15) is 36.1 Å². The van der Waals surface area contributed by atoms with Gasteiger partial charge < -0.3 is 49.0 Å². The summed E-state index contributed by atoms with van der Waals surface area (Å²) in [6, 6.07) is 50.5. The van der Waals surface area contributed by atoms with E-state index in [1.165, 1.54) is 26.2 Å². The van der Waals surface area contributed by atoms with Gasteiger partial charge in [0.25, 0.3) is 0 Å². The number of phenols is 4. The number of alkyl halides is 2. The van der Waals surface area contributed by atoms with Gasteiger partial charge in [0.1, 0.15) is 108 Å². The molecule has 0 aliphatic rings. The zero-order valence-electron chi connectivity index (χ0n) is 61.2. The topological polar surface area (TPSA) is 346 Å². The van der Waals surface area contributed by atoms with Crippen molar-refractivity contribution >= 4 is 167 Å². The highest BCUT2D eigenvalue weighted by atomic mass is 79.9.